The number of para-hydroxylation sites is 1. The van der Waals surface area contributed by atoms with Crippen molar-refractivity contribution in [1.29, 1.82) is 0 Å². The Labute approximate surface area is 117 Å². The number of aromatic nitrogens is 5. The van der Waals surface area contributed by atoms with Crippen molar-refractivity contribution in [2.24, 2.45) is 0 Å². The molecule has 2 heterocycles. The zero-order valence-electron chi connectivity index (χ0n) is 10.9. The number of rotatable bonds is 3. The number of carbonyl (C=O) groups is 1. The van der Waals surface area contributed by atoms with Gasteiger partial charge in [-0.05, 0) is 17.3 Å². The number of amides is 1. The van der Waals surface area contributed by atoms with E-state index in [0.717, 1.165) is 0 Å². The summed E-state index contributed by atoms with van der Waals surface area (Å²) in [6.45, 7) is 0. The third-order valence-electron chi connectivity index (χ3n) is 2.91. The summed E-state index contributed by atoms with van der Waals surface area (Å²) in [4.78, 5) is 27.3. The van der Waals surface area contributed by atoms with Crippen LogP contribution in [-0.4, -0.2) is 38.6 Å². The number of ether oxygens (including phenoxy) is 1. The molecular weight excluding hydrogens is 276 g/mol. The Bertz CT molecular complexity index is 855. The van der Waals surface area contributed by atoms with Gasteiger partial charge in [-0.3, -0.25) is 14.9 Å². The van der Waals surface area contributed by atoms with Crippen LogP contribution < -0.4 is 15.5 Å². The fraction of sp³-hybridized carbons (Fsp3) is 0.0833. The number of tetrazole rings is 1. The molecule has 9 nitrogen and oxygen atoms in total. The predicted octanol–water partition coefficient (Wildman–Crippen LogP) is 0.302. The molecule has 1 amide bonds. The van der Waals surface area contributed by atoms with Crippen LogP contribution in [0.4, 0.5) is 5.95 Å². The van der Waals surface area contributed by atoms with Crippen molar-refractivity contribution < 1.29 is 9.53 Å². The van der Waals surface area contributed by atoms with Gasteiger partial charge in [0.2, 0.25) is 5.43 Å². The van der Waals surface area contributed by atoms with Gasteiger partial charge in [0.25, 0.3) is 11.9 Å². The summed E-state index contributed by atoms with van der Waals surface area (Å²) < 4.78 is 5.16. The maximum atomic E-state index is 12.4. The summed E-state index contributed by atoms with van der Waals surface area (Å²) >= 11 is 0. The number of nitrogens with zero attached hydrogens (tertiary/aromatic N) is 3. The summed E-state index contributed by atoms with van der Waals surface area (Å²) in [6, 6.07) is 5.01. The molecule has 2 aromatic heterocycles. The molecule has 3 rings (SSSR count). The van der Waals surface area contributed by atoms with Crippen molar-refractivity contribution in [3.63, 3.8) is 0 Å². The molecule has 3 N–H and O–H groups in total. The smallest absolute Gasteiger partial charge is 0.270 e. The Morgan fingerprint density at radius 1 is 1.38 bits per heavy atom. The van der Waals surface area contributed by atoms with Gasteiger partial charge in [-0.25, -0.2) is 0 Å². The summed E-state index contributed by atoms with van der Waals surface area (Å²) in [6.07, 6.45) is 1.32. The van der Waals surface area contributed by atoms with Gasteiger partial charge in [0, 0.05) is 6.20 Å². The molecule has 106 valence electrons. The Hall–Kier alpha value is -3.23. The highest BCUT2D eigenvalue weighted by molar-refractivity contribution is 6.05. The molecule has 21 heavy (non-hydrogen) atoms. The SMILES string of the molecule is COc1cccc2c(=O)c(C(=O)Nc3nn[nH]n3)c[nH]c12. The predicted molar refractivity (Wildman–Crippen MR) is 73.3 cm³/mol. The van der Waals surface area contributed by atoms with Crippen LogP contribution in [0.3, 0.4) is 0 Å². The first kappa shape index (κ1) is 12.8. The van der Waals surface area contributed by atoms with Gasteiger partial charge in [-0.2, -0.15) is 5.21 Å². The molecule has 0 bridgehead atoms. The third kappa shape index (κ3) is 2.20. The van der Waals surface area contributed by atoms with E-state index < -0.39 is 11.3 Å². The van der Waals surface area contributed by atoms with Gasteiger partial charge in [-0.1, -0.05) is 11.2 Å². The monoisotopic (exact) mass is 286 g/mol. The molecule has 0 atom stereocenters. The Morgan fingerprint density at radius 3 is 2.95 bits per heavy atom. The lowest BCUT2D eigenvalue weighted by Gasteiger charge is -2.06. The average molecular weight is 286 g/mol. The van der Waals surface area contributed by atoms with Crippen molar-refractivity contribution in [3.8, 4) is 5.75 Å². The number of carbonyl (C=O) groups excluding carboxylic acids is 1. The largest absolute Gasteiger partial charge is 0.495 e. The Balaban J connectivity index is 2.06. The lowest BCUT2D eigenvalue weighted by atomic mass is 10.1. The van der Waals surface area contributed by atoms with E-state index in [1.54, 1.807) is 18.2 Å². The van der Waals surface area contributed by atoms with Crippen LogP contribution in [0.15, 0.2) is 29.2 Å². The van der Waals surface area contributed by atoms with E-state index >= 15 is 0 Å². The lowest BCUT2D eigenvalue weighted by Crippen LogP contribution is -2.22. The van der Waals surface area contributed by atoms with Crippen LogP contribution in [0.25, 0.3) is 10.9 Å². The molecule has 0 aliphatic carbocycles. The number of nitrogens with one attached hydrogen (secondary N) is 3. The summed E-state index contributed by atoms with van der Waals surface area (Å²) in [5.41, 5.74) is 0.0605. The van der Waals surface area contributed by atoms with Gasteiger partial charge in [0.15, 0.2) is 0 Å². The summed E-state index contributed by atoms with van der Waals surface area (Å²) in [5.74, 6) is -0.109. The molecule has 0 saturated carbocycles. The second-order valence-electron chi connectivity index (χ2n) is 4.10. The molecule has 0 radical (unpaired) electrons. The minimum atomic E-state index is -0.623. The number of hydrogen-bond acceptors (Lipinski definition) is 6. The Morgan fingerprint density at radius 2 is 2.24 bits per heavy atom. The van der Waals surface area contributed by atoms with Crippen LogP contribution >= 0.6 is 0 Å². The molecule has 0 aliphatic heterocycles. The first-order valence-electron chi connectivity index (χ1n) is 5.94. The van der Waals surface area contributed by atoms with Crippen LogP contribution in [0.1, 0.15) is 10.4 Å². The van der Waals surface area contributed by atoms with E-state index in [4.69, 9.17) is 4.74 Å². The molecule has 0 fully saturated rings. The van der Waals surface area contributed by atoms with Crippen LogP contribution in [0.5, 0.6) is 5.75 Å². The van der Waals surface area contributed by atoms with Crippen LogP contribution in [0, 0.1) is 0 Å². The van der Waals surface area contributed by atoms with E-state index in [2.05, 4.69) is 30.9 Å². The van der Waals surface area contributed by atoms with Crippen molar-refractivity contribution in [2.45, 2.75) is 0 Å². The zero-order chi connectivity index (χ0) is 14.8. The van der Waals surface area contributed by atoms with E-state index in [-0.39, 0.29) is 11.5 Å². The number of hydrogen-bond donors (Lipinski definition) is 3. The number of benzene rings is 1. The summed E-state index contributed by atoms with van der Waals surface area (Å²) in [5, 5.41) is 15.4. The van der Waals surface area contributed by atoms with E-state index in [1.807, 2.05) is 0 Å². The number of anilines is 1. The normalized spacial score (nSPS) is 10.5. The van der Waals surface area contributed by atoms with E-state index in [1.165, 1.54) is 13.3 Å². The highest BCUT2D eigenvalue weighted by Gasteiger charge is 2.15. The maximum Gasteiger partial charge on any atom is 0.270 e. The molecule has 0 spiro atoms. The minimum absolute atomic E-state index is 0.00913. The standard InChI is InChI=1S/C12H10N6O3/c1-21-8-4-2-3-6-9(8)13-5-7(10(6)19)11(20)14-12-15-17-18-16-12/h2-5H,1H3,(H,13,19)(H2,14,15,16,17,18,20). The second kappa shape index (κ2) is 5.04. The molecule has 0 aliphatic rings. The van der Waals surface area contributed by atoms with E-state index in [0.29, 0.717) is 16.7 Å². The lowest BCUT2D eigenvalue weighted by molar-refractivity contribution is 0.102. The number of fused-ring (bicyclic) bond motifs is 1. The van der Waals surface area contributed by atoms with Crippen LogP contribution in [0.2, 0.25) is 0 Å². The summed E-state index contributed by atoms with van der Waals surface area (Å²) in [7, 11) is 1.50. The van der Waals surface area contributed by atoms with Gasteiger partial charge < -0.3 is 9.72 Å². The van der Waals surface area contributed by atoms with Crippen molar-refractivity contribution in [1.82, 2.24) is 25.6 Å². The zero-order valence-corrected chi connectivity index (χ0v) is 10.9. The van der Waals surface area contributed by atoms with Crippen molar-refractivity contribution >= 4 is 22.8 Å². The van der Waals surface area contributed by atoms with E-state index in [9.17, 15) is 9.59 Å². The van der Waals surface area contributed by atoms with Crippen molar-refractivity contribution in [2.75, 3.05) is 12.4 Å². The van der Waals surface area contributed by atoms with Crippen LogP contribution in [-0.2, 0) is 0 Å². The number of methoxy groups -OCH3 is 1. The third-order valence-corrected chi connectivity index (χ3v) is 2.91. The van der Waals surface area contributed by atoms with Gasteiger partial charge in [-0.15, -0.1) is 5.10 Å². The highest BCUT2D eigenvalue weighted by Crippen LogP contribution is 2.20. The fourth-order valence-electron chi connectivity index (χ4n) is 1.95. The molecule has 1 aromatic carbocycles. The first-order valence-corrected chi connectivity index (χ1v) is 5.94. The quantitative estimate of drug-likeness (QED) is 0.636. The molecule has 9 heteroatoms. The topological polar surface area (TPSA) is 126 Å². The molecule has 3 aromatic rings. The first-order chi connectivity index (χ1) is 10.2. The van der Waals surface area contributed by atoms with Gasteiger partial charge >= 0.3 is 0 Å². The Kier molecular flexibility index (Phi) is 3.07. The van der Waals surface area contributed by atoms with Gasteiger partial charge in [0.1, 0.15) is 11.3 Å². The number of pyridine rings is 1. The molecule has 0 saturated heterocycles. The molecule has 0 unspecified atom stereocenters. The maximum absolute atomic E-state index is 12.4. The second-order valence-corrected chi connectivity index (χ2v) is 4.10. The minimum Gasteiger partial charge on any atom is -0.495 e. The van der Waals surface area contributed by atoms with Gasteiger partial charge in [0.05, 0.1) is 18.0 Å². The highest BCUT2D eigenvalue weighted by atomic mass is 16.5. The fourth-order valence-corrected chi connectivity index (χ4v) is 1.95. The molecular formula is C12H10N6O3. The number of H-pyrrole nitrogens is 2. The van der Waals surface area contributed by atoms with Crippen molar-refractivity contribution in [3.05, 3.63) is 40.2 Å². The number of aromatic amines is 2. The average Bonchev–Trinajstić information content (AvgIpc) is 3.00.